The van der Waals surface area contributed by atoms with Crippen molar-refractivity contribution >= 4 is 21.7 Å². The summed E-state index contributed by atoms with van der Waals surface area (Å²) in [6.45, 7) is 0.471. The number of Topliss-reactive ketones (excluding diaryl/α,β-unsaturated/α-hetero) is 1. The second-order valence-electron chi connectivity index (χ2n) is 4.46. The van der Waals surface area contributed by atoms with Crippen LogP contribution >= 0.6 is 15.9 Å². The highest BCUT2D eigenvalue weighted by Crippen LogP contribution is 2.18. The molecule has 2 rings (SSSR count). The molecule has 2 nitrogen and oxygen atoms in total. The molecule has 2 aromatic rings. The Kier molecular flexibility index (Phi) is 4.88. The zero-order chi connectivity index (χ0) is 13.7. The quantitative estimate of drug-likeness (QED) is 0.919. The molecule has 0 atom stereocenters. The van der Waals surface area contributed by atoms with Gasteiger partial charge in [-0.25, -0.2) is 0 Å². The van der Waals surface area contributed by atoms with E-state index < -0.39 is 0 Å². The largest absolute Gasteiger partial charge is 0.326 e. The summed E-state index contributed by atoms with van der Waals surface area (Å²) in [5.41, 5.74) is 8.78. The van der Waals surface area contributed by atoms with Gasteiger partial charge in [0.15, 0.2) is 0 Å². The molecule has 0 aliphatic rings. The fourth-order valence-corrected chi connectivity index (χ4v) is 2.48. The molecule has 19 heavy (non-hydrogen) atoms. The van der Waals surface area contributed by atoms with Crippen molar-refractivity contribution in [3.8, 4) is 0 Å². The molecule has 0 fully saturated rings. The van der Waals surface area contributed by atoms with E-state index in [-0.39, 0.29) is 5.78 Å². The molecule has 0 bridgehead atoms. The van der Waals surface area contributed by atoms with E-state index in [2.05, 4.69) is 15.9 Å². The third kappa shape index (κ3) is 3.75. The van der Waals surface area contributed by atoms with E-state index in [1.54, 1.807) is 0 Å². The average Bonchev–Trinajstić information content (AvgIpc) is 2.42. The molecule has 0 amide bonds. The maximum atomic E-state index is 12.1. The van der Waals surface area contributed by atoms with Crippen LogP contribution in [0.1, 0.15) is 16.7 Å². The summed E-state index contributed by atoms with van der Waals surface area (Å²) in [5.74, 6) is 0.202. The van der Waals surface area contributed by atoms with Crippen molar-refractivity contribution in [1.29, 1.82) is 0 Å². The summed E-state index contributed by atoms with van der Waals surface area (Å²) in [7, 11) is 0. The number of halogens is 1. The lowest BCUT2D eigenvalue weighted by Crippen LogP contribution is -2.10. The Labute approximate surface area is 121 Å². The number of carbonyl (C=O) groups excluding carboxylic acids is 1. The van der Waals surface area contributed by atoms with Gasteiger partial charge < -0.3 is 5.73 Å². The fraction of sp³-hybridized carbons (Fsp3) is 0.188. The number of nitrogens with two attached hydrogens (primary N) is 1. The molecule has 0 saturated carbocycles. The zero-order valence-electron chi connectivity index (χ0n) is 10.6. The van der Waals surface area contributed by atoms with Gasteiger partial charge in [0.1, 0.15) is 5.78 Å². The summed E-state index contributed by atoms with van der Waals surface area (Å²) < 4.78 is 0.982. The van der Waals surface area contributed by atoms with E-state index in [0.717, 1.165) is 21.2 Å². The number of ketones is 1. The van der Waals surface area contributed by atoms with E-state index in [0.29, 0.717) is 19.4 Å². The lowest BCUT2D eigenvalue weighted by Gasteiger charge is -2.07. The average molecular weight is 318 g/mol. The highest BCUT2D eigenvalue weighted by atomic mass is 79.9. The number of rotatable bonds is 5. The molecule has 0 heterocycles. The molecule has 2 N–H and O–H groups in total. The first kappa shape index (κ1) is 14.0. The molecule has 0 saturated heterocycles. The van der Waals surface area contributed by atoms with Crippen molar-refractivity contribution in [2.24, 2.45) is 5.73 Å². The smallest absolute Gasteiger partial charge is 0.141 e. The van der Waals surface area contributed by atoms with Crippen LogP contribution < -0.4 is 5.73 Å². The third-order valence-electron chi connectivity index (χ3n) is 3.07. The second kappa shape index (κ2) is 6.64. The zero-order valence-corrected chi connectivity index (χ0v) is 12.2. The predicted molar refractivity (Wildman–Crippen MR) is 80.9 cm³/mol. The monoisotopic (exact) mass is 317 g/mol. The van der Waals surface area contributed by atoms with Gasteiger partial charge in [0.25, 0.3) is 0 Å². The molecule has 98 valence electrons. The fourth-order valence-electron chi connectivity index (χ4n) is 2.06. The first-order valence-electron chi connectivity index (χ1n) is 6.22. The van der Waals surface area contributed by atoms with Crippen molar-refractivity contribution in [2.45, 2.75) is 19.4 Å². The normalized spacial score (nSPS) is 10.4. The highest BCUT2D eigenvalue weighted by Gasteiger charge is 2.09. The van der Waals surface area contributed by atoms with Gasteiger partial charge in [0.05, 0.1) is 0 Å². The lowest BCUT2D eigenvalue weighted by atomic mass is 9.99. The van der Waals surface area contributed by atoms with Crippen LogP contribution in [0.2, 0.25) is 0 Å². The third-order valence-corrected chi connectivity index (χ3v) is 3.84. The standard InChI is InChI=1S/C16H16BrNO/c17-16-8-4-3-6-13(16)10-15(19)9-12-5-1-2-7-14(12)11-18/h1-8H,9-11,18H2. The van der Waals surface area contributed by atoms with Gasteiger partial charge in [0, 0.05) is 23.9 Å². The van der Waals surface area contributed by atoms with Crippen LogP contribution in [0.15, 0.2) is 53.0 Å². The van der Waals surface area contributed by atoms with Crippen LogP contribution in [0.4, 0.5) is 0 Å². The van der Waals surface area contributed by atoms with E-state index in [1.807, 2.05) is 48.5 Å². The minimum absolute atomic E-state index is 0.202. The van der Waals surface area contributed by atoms with E-state index in [4.69, 9.17) is 5.73 Å². The van der Waals surface area contributed by atoms with Crippen LogP contribution in [-0.2, 0) is 24.2 Å². The number of hydrogen-bond donors (Lipinski definition) is 1. The summed E-state index contributed by atoms with van der Waals surface area (Å²) in [4.78, 5) is 12.1. The van der Waals surface area contributed by atoms with Crippen molar-refractivity contribution in [3.63, 3.8) is 0 Å². The molecule has 0 spiro atoms. The molecule has 0 aliphatic heterocycles. The molecule has 2 aromatic carbocycles. The highest BCUT2D eigenvalue weighted by molar-refractivity contribution is 9.10. The van der Waals surface area contributed by atoms with Gasteiger partial charge in [-0.1, -0.05) is 58.4 Å². The number of carbonyl (C=O) groups is 1. The molecular formula is C16H16BrNO. The summed E-state index contributed by atoms with van der Waals surface area (Å²) in [6.07, 6.45) is 0.884. The summed E-state index contributed by atoms with van der Waals surface area (Å²) in [5, 5.41) is 0. The van der Waals surface area contributed by atoms with Crippen molar-refractivity contribution < 1.29 is 4.79 Å². The van der Waals surface area contributed by atoms with E-state index in [9.17, 15) is 4.79 Å². The SMILES string of the molecule is NCc1ccccc1CC(=O)Cc1ccccc1Br. The second-order valence-corrected chi connectivity index (χ2v) is 5.31. The van der Waals surface area contributed by atoms with Crippen LogP contribution in [0, 0.1) is 0 Å². The lowest BCUT2D eigenvalue weighted by molar-refractivity contribution is -0.117. The first-order valence-corrected chi connectivity index (χ1v) is 7.02. The summed E-state index contributed by atoms with van der Waals surface area (Å²) in [6, 6.07) is 15.7. The maximum absolute atomic E-state index is 12.1. The Balaban J connectivity index is 2.08. The van der Waals surface area contributed by atoms with Gasteiger partial charge in [0.2, 0.25) is 0 Å². The van der Waals surface area contributed by atoms with Crippen LogP contribution in [0.3, 0.4) is 0 Å². The Morgan fingerprint density at radius 1 is 0.895 bits per heavy atom. The van der Waals surface area contributed by atoms with Gasteiger partial charge in [-0.3, -0.25) is 4.79 Å². The van der Waals surface area contributed by atoms with E-state index in [1.165, 1.54) is 0 Å². The van der Waals surface area contributed by atoms with Crippen LogP contribution in [-0.4, -0.2) is 5.78 Å². The van der Waals surface area contributed by atoms with Crippen LogP contribution in [0.5, 0.6) is 0 Å². The van der Waals surface area contributed by atoms with Crippen molar-refractivity contribution in [1.82, 2.24) is 0 Å². The van der Waals surface area contributed by atoms with Crippen molar-refractivity contribution in [2.75, 3.05) is 0 Å². The molecule has 3 heteroatoms. The Morgan fingerprint density at radius 3 is 2.05 bits per heavy atom. The number of hydrogen-bond acceptors (Lipinski definition) is 2. The maximum Gasteiger partial charge on any atom is 0.141 e. The topological polar surface area (TPSA) is 43.1 Å². The first-order chi connectivity index (χ1) is 9.20. The minimum atomic E-state index is 0.202. The van der Waals surface area contributed by atoms with Crippen LogP contribution in [0.25, 0.3) is 0 Å². The predicted octanol–water partition coefficient (Wildman–Crippen LogP) is 3.26. The van der Waals surface area contributed by atoms with Gasteiger partial charge in [-0.05, 0) is 22.8 Å². The van der Waals surface area contributed by atoms with Gasteiger partial charge >= 0.3 is 0 Å². The Bertz CT molecular complexity index is 580. The molecule has 0 aliphatic carbocycles. The van der Waals surface area contributed by atoms with E-state index >= 15 is 0 Å². The Morgan fingerprint density at radius 2 is 1.42 bits per heavy atom. The molecular weight excluding hydrogens is 302 g/mol. The molecule has 0 radical (unpaired) electrons. The number of benzene rings is 2. The minimum Gasteiger partial charge on any atom is -0.326 e. The Hall–Kier alpha value is -1.45. The molecule has 0 aromatic heterocycles. The van der Waals surface area contributed by atoms with Gasteiger partial charge in [-0.15, -0.1) is 0 Å². The molecule has 0 unspecified atom stereocenters. The summed E-state index contributed by atoms with van der Waals surface area (Å²) >= 11 is 3.47. The van der Waals surface area contributed by atoms with Gasteiger partial charge in [-0.2, -0.15) is 0 Å². The van der Waals surface area contributed by atoms with Crippen molar-refractivity contribution in [3.05, 3.63) is 69.7 Å².